The minimum absolute atomic E-state index is 0. The van der Waals surface area contributed by atoms with Gasteiger partial charge in [0.25, 0.3) is 0 Å². The van der Waals surface area contributed by atoms with Gasteiger partial charge in [-0.05, 0) is 44.6 Å². The fraction of sp³-hybridized carbons (Fsp3) is 0.350. The van der Waals surface area contributed by atoms with Crippen LogP contribution >= 0.6 is 8.58 Å². The third kappa shape index (κ3) is 6.36. The van der Waals surface area contributed by atoms with Gasteiger partial charge in [0.1, 0.15) is 22.8 Å². The van der Waals surface area contributed by atoms with E-state index in [1.54, 1.807) is 26.4 Å². The first kappa shape index (κ1) is 22.6. The molecule has 4 nitrogen and oxygen atoms in total. The van der Waals surface area contributed by atoms with Gasteiger partial charge in [-0.15, -0.1) is 0 Å². The van der Waals surface area contributed by atoms with Crippen molar-refractivity contribution in [2.75, 3.05) is 20.8 Å². The Morgan fingerprint density at radius 2 is 1.58 bits per heavy atom. The molecule has 0 saturated carbocycles. The molecule has 0 aromatic heterocycles. The molecule has 1 unspecified atom stereocenters. The second-order valence-corrected chi connectivity index (χ2v) is 6.85. The number of carbonyl (C=O) groups is 1. The molecule has 2 aromatic carbocycles. The predicted molar refractivity (Wildman–Crippen MR) is 109 cm³/mol. The molecule has 2 aromatic rings. The SMILES string of the molecule is CCCCCOc1ccc(PC(=O)c2c(OC)cccc2OC)cc1.[Li]. The molecule has 0 heterocycles. The van der Waals surface area contributed by atoms with Crippen LogP contribution < -0.4 is 19.5 Å². The van der Waals surface area contributed by atoms with E-state index in [0.29, 0.717) is 17.1 Å². The molecular formula is C20H25LiO4P. The van der Waals surface area contributed by atoms with Crippen molar-refractivity contribution in [1.29, 1.82) is 0 Å². The van der Waals surface area contributed by atoms with Crippen LogP contribution in [0.5, 0.6) is 17.2 Å². The molecule has 0 bridgehead atoms. The van der Waals surface area contributed by atoms with Gasteiger partial charge in [-0.3, -0.25) is 4.79 Å². The van der Waals surface area contributed by atoms with Gasteiger partial charge in [-0.25, -0.2) is 0 Å². The van der Waals surface area contributed by atoms with Crippen molar-refractivity contribution in [2.24, 2.45) is 0 Å². The summed E-state index contributed by atoms with van der Waals surface area (Å²) in [5.41, 5.74) is 0.483. The monoisotopic (exact) mass is 367 g/mol. The molecule has 0 aliphatic rings. The molecule has 26 heavy (non-hydrogen) atoms. The van der Waals surface area contributed by atoms with E-state index in [4.69, 9.17) is 14.2 Å². The standard InChI is InChI=1S/C20H25O4P.Li/c1-4-5-6-14-24-15-10-12-16(13-11-15)25-20(21)19-17(22-2)8-7-9-18(19)23-3;/h7-13,25H,4-6,14H2,1-3H3;. The normalized spacial score (nSPS) is 10.4. The number of benzene rings is 2. The largest absolute Gasteiger partial charge is 0.496 e. The van der Waals surface area contributed by atoms with Crippen molar-refractivity contribution in [3.05, 3.63) is 48.0 Å². The number of methoxy groups -OCH3 is 2. The average Bonchev–Trinajstić information content (AvgIpc) is 2.65. The first-order valence-corrected chi connectivity index (χ1v) is 9.44. The third-order valence-corrected chi connectivity index (χ3v) is 4.88. The van der Waals surface area contributed by atoms with Gasteiger partial charge in [0, 0.05) is 18.9 Å². The van der Waals surface area contributed by atoms with Crippen LogP contribution in [0.4, 0.5) is 0 Å². The first-order valence-electron chi connectivity index (χ1n) is 8.44. The molecule has 0 aliphatic heterocycles. The maximum absolute atomic E-state index is 12.7. The first-order chi connectivity index (χ1) is 12.2. The quantitative estimate of drug-likeness (QED) is 0.361. The molecule has 0 aliphatic carbocycles. The van der Waals surface area contributed by atoms with Crippen molar-refractivity contribution in [3.63, 3.8) is 0 Å². The van der Waals surface area contributed by atoms with Gasteiger partial charge in [0.15, 0.2) is 5.52 Å². The van der Waals surface area contributed by atoms with E-state index >= 15 is 0 Å². The van der Waals surface area contributed by atoms with Crippen LogP contribution in [0.15, 0.2) is 42.5 Å². The summed E-state index contributed by atoms with van der Waals surface area (Å²) in [6.45, 7) is 2.90. The Morgan fingerprint density at radius 1 is 0.962 bits per heavy atom. The Bertz CT molecular complexity index is 666. The second-order valence-electron chi connectivity index (χ2n) is 5.57. The summed E-state index contributed by atoms with van der Waals surface area (Å²) in [5, 5.41) is 0.957. The predicted octanol–water partition coefficient (Wildman–Crippen LogP) is 4.04. The van der Waals surface area contributed by atoms with E-state index < -0.39 is 0 Å². The van der Waals surface area contributed by atoms with Crippen molar-refractivity contribution < 1.29 is 19.0 Å². The van der Waals surface area contributed by atoms with E-state index in [2.05, 4.69) is 6.92 Å². The fourth-order valence-electron chi connectivity index (χ4n) is 2.45. The summed E-state index contributed by atoms with van der Waals surface area (Å²) in [7, 11) is 3.11. The molecule has 0 N–H and O–H groups in total. The number of carbonyl (C=O) groups excluding carboxylic acids is 1. The number of hydrogen-bond acceptors (Lipinski definition) is 4. The van der Waals surface area contributed by atoms with E-state index in [9.17, 15) is 4.79 Å². The molecule has 0 saturated heterocycles. The molecule has 0 amide bonds. The zero-order valence-electron chi connectivity index (χ0n) is 16.0. The summed E-state index contributed by atoms with van der Waals surface area (Å²) in [6, 6.07) is 13.1. The number of hydrogen-bond donors (Lipinski definition) is 0. The van der Waals surface area contributed by atoms with Gasteiger partial charge < -0.3 is 14.2 Å². The molecule has 0 spiro atoms. The maximum atomic E-state index is 12.7. The topological polar surface area (TPSA) is 44.8 Å². The Balaban J connectivity index is 0.00000338. The van der Waals surface area contributed by atoms with Crippen LogP contribution in [-0.2, 0) is 0 Å². The summed E-state index contributed by atoms with van der Waals surface area (Å²) < 4.78 is 16.3. The van der Waals surface area contributed by atoms with Gasteiger partial charge >= 0.3 is 0 Å². The van der Waals surface area contributed by atoms with Gasteiger partial charge in [0.2, 0.25) is 0 Å². The summed E-state index contributed by atoms with van der Waals surface area (Å²) >= 11 is 0. The van der Waals surface area contributed by atoms with Gasteiger partial charge in [-0.2, -0.15) is 0 Å². The number of ether oxygens (including phenoxy) is 3. The van der Waals surface area contributed by atoms with Crippen LogP contribution in [0, 0.1) is 0 Å². The Labute approximate surface area is 169 Å². The average molecular weight is 367 g/mol. The van der Waals surface area contributed by atoms with E-state index in [1.165, 1.54) is 12.8 Å². The summed E-state index contributed by atoms with van der Waals surface area (Å²) in [6.07, 6.45) is 3.42. The van der Waals surface area contributed by atoms with Crippen LogP contribution in [0.25, 0.3) is 0 Å². The minimum atomic E-state index is -0.00841. The van der Waals surface area contributed by atoms with Crippen LogP contribution in [0.2, 0.25) is 0 Å². The van der Waals surface area contributed by atoms with E-state index in [0.717, 1.165) is 24.1 Å². The van der Waals surface area contributed by atoms with Crippen LogP contribution in [-0.4, -0.2) is 45.2 Å². The molecule has 1 radical (unpaired) electrons. The molecule has 0 fully saturated rings. The molecule has 2 rings (SSSR count). The van der Waals surface area contributed by atoms with Gasteiger partial charge in [0.05, 0.1) is 20.8 Å². The fourth-order valence-corrected chi connectivity index (χ4v) is 3.41. The van der Waals surface area contributed by atoms with Crippen LogP contribution in [0.3, 0.4) is 0 Å². The van der Waals surface area contributed by atoms with E-state index in [1.807, 2.05) is 30.3 Å². The van der Waals surface area contributed by atoms with Crippen molar-refractivity contribution >= 4 is 38.3 Å². The summed E-state index contributed by atoms with van der Waals surface area (Å²) in [5.74, 6) is 1.91. The second kappa shape index (κ2) is 12.0. The summed E-state index contributed by atoms with van der Waals surface area (Å²) in [4.78, 5) is 12.7. The number of rotatable bonds is 10. The number of unbranched alkanes of at least 4 members (excludes halogenated alkanes) is 2. The zero-order valence-corrected chi connectivity index (χ0v) is 17.0. The van der Waals surface area contributed by atoms with Crippen molar-refractivity contribution in [1.82, 2.24) is 0 Å². The third-order valence-electron chi connectivity index (χ3n) is 3.78. The zero-order chi connectivity index (χ0) is 18.1. The molecule has 1 atom stereocenters. The molecule has 6 heteroatoms. The Morgan fingerprint density at radius 3 is 2.12 bits per heavy atom. The Kier molecular flexibility index (Phi) is 10.4. The Hall–Kier alpha value is -1.46. The van der Waals surface area contributed by atoms with Crippen LogP contribution in [0.1, 0.15) is 36.5 Å². The van der Waals surface area contributed by atoms with E-state index in [-0.39, 0.29) is 33.0 Å². The van der Waals surface area contributed by atoms with Crippen molar-refractivity contribution in [2.45, 2.75) is 26.2 Å². The van der Waals surface area contributed by atoms with Gasteiger partial charge in [-0.1, -0.05) is 38.0 Å². The molecular weight excluding hydrogens is 342 g/mol. The maximum Gasteiger partial charge on any atom is 0.193 e. The molecule has 135 valence electrons. The minimum Gasteiger partial charge on any atom is -0.496 e. The van der Waals surface area contributed by atoms with Crippen molar-refractivity contribution in [3.8, 4) is 17.2 Å². The smallest absolute Gasteiger partial charge is 0.193 e.